The lowest BCUT2D eigenvalue weighted by Crippen LogP contribution is -2.24. The minimum absolute atomic E-state index is 0.664. The fourth-order valence-corrected chi connectivity index (χ4v) is 2.65. The van der Waals surface area contributed by atoms with E-state index in [0.717, 1.165) is 19.0 Å². The predicted molar refractivity (Wildman–Crippen MR) is 85.8 cm³/mol. The van der Waals surface area contributed by atoms with Crippen LogP contribution in [0, 0.1) is 12.8 Å². The van der Waals surface area contributed by atoms with Crippen molar-refractivity contribution in [2.24, 2.45) is 5.92 Å². The van der Waals surface area contributed by atoms with Crippen molar-refractivity contribution in [2.75, 3.05) is 13.1 Å². The molecular formula is C18H31N. The first-order valence-corrected chi connectivity index (χ1v) is 7.98. The summed E-state index contributed by atoms with van der Waals surface area (Å²) in [4.78, 5) is 0. The predicted octanol–water partition coefficient (Wildman–Crippen LogP) is 4.90. The lowest BCUT2D eigenvalue weighted by Gasteiger charge is -2.23. The van der Waals surface area contributed by atoms with Crippen molar-refractivity contribution in [1.82, 2.24) is 5.32 Å². The summed E-state index contributed by atoms with van der Waals surface area (Å²) >= 11 is 0. The van der Waals surface area contributed by atoms with Gasteiger partial charge in [0, 0.05) is 6.54 Å². The van der Waals surface area contributed by atoms with Crippen molar-refractivity contribution in [2.45, 2.75) is 59.3 Å². The van der Waals surface area contributed by atoms with Crippen molar-refractivity contribution in [3.05, 3.63) is 35.4 Å². The van der Waals surface area contributed by atoms with Gasteiger partial charge in [-0.05, 0) is 43.7 Å². The van der Waals surface area contributed by atoms with Gasteiger partial charge < -0.3 is 5.32 Å². The minimum atomic E-state index is 0.664. The summed E-state index contributed by atoms with van der Waals surface area (Å²) in [5.41, 5.74) is 2.85. The van der Waals surface area contributed by atoms with Crippen LogP contribution in [-0.2, 0) is 0 Å². The molecule has 1 aromatic carbocycles. The van der Waals surface area contributed by atoms with Crippen LogP contribution in [-0.4, -0.2) is 13.1 Å². The summed E-state index contributed by atoms with van der Waals surface area (Å²) < 4.78 is 0. The average Bonchev–Trinajstić information content (AvgIpc) is 2.44. The number of nitrogens with one attached hydrogen (secondary N) is 1. The van der Waals surface area contributed by atoms with Gasteiger partial charge in [0.15, 0.2) is 0 Å². The Morgan fingerprint density at radius 3 is 2.16 bits per heavy atom. The molecular weight excluding hydrogens is 230 g/mol. The van der Waals surface area contributed by atoms with E-state index in [-0.39, 0.29) is 0 Å². The highest BCUT2D eigenvalue weighted by Crippen LogP contribution is 2.27. The SMILES string of the molecule is CCCNCC(CC(CC)CC)c1ccc(C)cc1. The van der Waals surface area contributed by atoms with E-state index >= 15 is 0 Å². The fourth-order valence-electron chi connectivity index (χ4n) is 2.65. The Balaban J connectivity index is 2.69. The molecule has 0 saturated heterocycles. The third kappa shape index (κ3) is 5.78. The van der Waals surface area contributed by atoms with Gasteiger partial charge in [-0.1, -0.05) is 63.4 Å². The molecule has 1 nitrogen and oxygen atoms in total. The summed E-state index contributed by atoms with van der Waals surface area (Å²) in [6, 6.07) is 9.12. The van der Waals surface area contributed by atoms with Crippen LogP contribution < -0.4 is 5.32 Å². The zero-order valence-electron chi connectivity index (χ0n) is 13.2. The van der Waals surface area contributed by atoms with Gasteiger partial charge in [-0.15, -0.1) is 0 Å². The summed E-state index contributed by atoms with van der Waals surface area (Å²) in [5.74, 6) is 1.52. The minimum Gasteiger partial charge on any atom is -0.316 e. The normalized spacial score (nSPS) is 12.9. The third-order valence-corrected chi connectivity index (χ3v) is 4.14. The smallest absolute Gasteiger partial charge is 0.00202 e. The van der Waals surface area contributed by atoms with E-state index in [1.54, 1.807) is 0 Å². The zero-order chi connectivity index (χ0) is 14.1. The maximum absolute atomic E-state index is 3.60. The Morgan fingerprint density at radius 2 is 1.63 bits per heavy atom. The summed E-state index contributed by atoms with van der Waals surface area (Å²) in [7, 11) is 0. The number of rotatable bonds is 9. The molecule has 1 atom stereocenters. The standard InChI is InChI=1S/C18H31N/c1-5-12-19-14-18(13-16(6-2)7-3)17-10-8-15(4)9-11-17/h8-11,16,18-19H,5-7,12-14H2,1-4H3. The lowest BCUT2D eigenvalue weighted by atomic mass is 9.86. The average molecular weight is 261 g/mol. The van der Waals surface area contributed by atoms with Gasteiger partial charge >= 0.3 is 0 Å². The summed E-state index contributed by atoms with van der Waals surface area (Å²) in [6.45, 7) is 11.3. The molecule has 0 aliphatic heterocycles. The fraction of sp³-hybridized carbons (Fsp3) is 0.667. The molecule has 0 amide bonds. The van der Waals surface area contributed by atoms with Crippen molar-refractivity contribution in [3.63, 3.8) is 0 Å². The first-order valence-electron chi connectivity index (χ1n) is 7.98. The van der Waals surface area contributed by atoms with E-state index in [9.17, 15) is 0 Å². The van der Waals surface area contributed by atoms with Crippen molar-refractivity contribution < 1.29 is 0 Å². The monoisotopic (exact) mass is 261 g/mol. The highest BCUT2D eigenvalue weighted by molar-refractivity contribution is 5.24. The van der Waals surface area contributed by atoms with Gasteiger partial charge in [-0.25, -0.2) is 0 Å². The van der Waals surface area contributed by atoms with Gasteiger partial charge in [0.1, 0.15) is 0 Å². The molecule has 0 radical (unpaired) electrons. The number of benzene rings is 1. The van der Waals surface area contributed by atoms with Gasteiger partial charge in [0.2, 0.25) is 0 Å². The number of hydrogen-bond acceptors (Lipinski definition) is 1. The van der Waals surface area contributed by atoms with Crippen molar-refractivity contribution in [3.8, 4) is 0 Å². The first kappa shape index (κ1) is 16.2. The van der Waals surface area contributed by atoms with Gasteiger partial charge in [-0.3, -0.25) is 0 Å². The van der Waals surface area contributed by atoms with E-state index in [1.165, 1.54) is 36.8 Å². The second-order valence-electron chi connectivity index (χ2n) is 5.73. The molecule has 0 saturated carbocycles. The molecule has 0 aromatic heterocycles. The van der Waals surface area contributed by atoms with E-state index in [4.69, 9.17) is 0 Å². The largest absolute Gasteiger partial charge is 0.316 e. The molecule has 0 heterocycles. The molecule has 1 heteroatoms. The highest BCUT2D eigenvalue weighted by Gasteiger charge is 2.15. The Hall–Kier alpha value is -0.820. The third-order valence-electron chi connectivity index (χ3n) is 4.14. The maximum Gasteiger partial charge on any atom is 0.00202 e. The van der Waals surface area contributed by atoms with E-state index < -0.39 is 0 Å². The molecule has 0 aliphatic carbocycles. The van der Waals surface area contributed by atoms with Crippen LogP contribution in [0.5, 0.6) is 0 Å². The molecule has 0 spiro atoms. The van der Waals surface area contributed by atoms with Crippen molar-refractivity contribution in [1.29, 1.82) is 0 Å². The van der Waals surface area contributed by atoms with Gasteiger partial charge in [-0.2, -0.15) is 0 Å². The number of hydrogen-bond donors (Lipinski definition) is 1. The first-order chi connectivity index (χ1) is 9.21. The van der Waals surface area contributed by atoms with Crippen LogP contribution in [0.4, 0.5) is 0 Å². The summed E-state index contributed by atoms with van der Waals surface area (Å²) in [5, 5.41) is 3.60. The molecule has 19 heavy (non-hydrogen) atoms. The van der Waals surface area contributed by atoms with Gasteiger partial charge in [0.05, 0.1) is 0 Å². The van der Waals surface area contributed by atoms with E-state index in [0.29, 0.717) is 5.92 Å². The van der Waals surface area contributed by atoms with Crippen molar-refractivity contribution >= 4 is 0 Å². The Bertz CT molecular complexity index is 324. The molecule has 108 valence electrons. The van der Waals surface area contributed by atoms with Crippen LogP contribution in [0.25, 0.3) is 0 Å². The molecule has 0 aliphatic rings. The Kier molecular flexibility index (Phi) is 7.81. The number of aryl methyl sites for hydroxylation is 1. The molecule has 0 fully saturated rings. The zero-order valence-corrected chi connectivity index (χ0v) is 13.2. The van der Waals surface area contributed by atoms with Crippen LogP contribution in [0.15, 0.2) is 24.3 Å². The van der Waals surface area contributed by atoms with Gasteiger partial charge in [0.25, 0.3) is 0 Å². The molecule has 0 bridgehead atoms. The van der Waals surface area contributed by atoms with Crippen LogP contribution in [0.3, 0.4) is 0 Å². The second-order valence-corrected chi connectivity index (χ2v) is 5.73. The van der Waals surface area contributed by atoms with Crippen LogP contribution in [0.1, 0.15) is 63.5 Å². The van der Waals surface area contributed by atoms with Crippen LogP contribution in [0.2, 0.25) is 0 Å². The lowest BCUT2D eigenvalue weighted by molar-refractivity contribution is 0.398. The molecule has 1 rings (SSSR count). The van der Waals surface area contributed by atoms with E-state index in [2.05, 4.69) is 57.3 Å². The van der Waals surface area contributed by atoms with Crippen LogP contribution >= 0.6 is 0 Å². The topological polar surface area (TPSA) is 12.0 Å². The second kappa shape index (κ2) is 9.14. The Morgan fingerprint density at radius 1 is 1.00 bits per heavy atom. The molecule has 1 aromatic rings. The quantitative estimate of drug-likeness (QED) is 0.623. The summed E-state index contributed by atoms with van der Waals surface area (Å²) in [6.07, 6.45) is 5.12. The van der Waals surface area contributed by atoms with E-state index in [1.807, 2.05) is 0 Å². The Labute approximate surface area is 119 Å². The molecule has 1 N–H and O–H groups in total. The molecule has 1 unspecified atom stereocenters. The maximum atomic E-state index is 3.60. The highest BCUT2D eigenvalue weighted by atomic mass is 14.8.